The molecule has 6 heteroatoms. The summed E-state index contributed by atoms with van der Waals surface area (Å²) in [6, 6.07) is 4.65. The van der Waals surface area contributed by atoms with Gasteiger partial charge in [0.05, 0.1) is 8.56 Å². The number of phenolic OH excluding ortho intramolecular Hbond substituents is 1. The van der Waals surface area contributed by atoms with Gasteiger partial charge in [-0.25, -0.2) is 0 Å². The Hall–Kier alpha value is -0.890. The first-order chi connectivity index (χ1) is 7.90. The first-order valence-corrected chi connectivity index (χ1v) is 6.46. The number of aromatic hydroxyl groups is 1. The van der Waals surface area contributed by atoms with Crippen molar-refractivity contribution < 1.29 is 9.90 Å². The van der Waals surface area contributed by atoms with Crippen molar-refractivity contribution in [3.05, 3.63) is 27.3 Å². The fourth-order valence-corrected chi connectivity index (χ4v) is 1.90. The molecule has 0 saturated heterocycles. The zero-order valence-corrected chi connectivity index (χ0v) is 12.2. The molecule has 0 saturated carbocycles. The smallest absolute Gasteiger partial charge is 0.251 e. The van der Waals surface area contributed by atoms with Crippen molar-refractivity contribution in [1.82, 2.24) is 5.32 Å². The van der Waals surface area contributed by atoms with Crippen molar-refractivity contribution in [3.8, 4) is 5.75 Å². The summed E-state index contributed by atoms with van der Waals surface area (Å²) in [5.41, 5.74) is 5.81. The quantitative estimate of drug-likeness (QED) is 0.563. The topological polar surface area (TPSA) is 75.3 Å². The van der Waals surface area contributed by atoms with Gasteiger partial charge in [-0.15, -0.1) is 0 Å². The third-order valence-electron chi connectivity index (χ3n) is 2.09. The molecule has 1 aromatic rings. The summed E-state index contributed by atoms with van der Waals surface area (Å²) in [5.74, 6) is -0.152. The van der Waals surface area contributed by atoms with Crippen molar-refractivity contribution in [2.75, 3.05) is 0 Å². The van der Waals surface area contributed by atoms with Gasteiger partial charge in [-0.1, -0.05) is 12.2 Å². The second kappa shape index (κ2) is 6.15. The number of nitrogens with two attached hydrogens (primary N) is 1. The Bertz CT molecular complexity index is 451. The van der Waals surface area contributed by atoms with Gasteiger partial charge < -0.3 is 16.2 Å². The maximum atomic E-state index is 11.8. The van der Waals surface area contributed by atoms with Crippen LogP contribution in [0, 0.1) is 3.57 Å². The molecule has 0 heterocycles. The molecule has 17 heavy (non-hydrogen) atoms. The summed E-state index contributed by atoms with van der Waals surface area (Å²) >= 11 is 6.76. The Morgan fingerprint density at radius 1 is 1.65 bits per heavy atom. The van der Waals surface area contributed by atoms with Gasteiger partial charge in [0.25, 0.3) is 5.91 Å². The van der Waals surface area contributed by atoms with Gasteiger partial charge in [0.15, 0.2) is 0 Å². The number of hydrogen-bond donors (Lipinski definition) is 3. The average molecular weight is 364 g/mol. The van der Waals surface area contributed by atoms with Gasteiger partial charge in [-0.05, 0) is 47.7 Å². The predicted octanol–water partition coefficient (Wildman–Crippen LogP) is 1.79. The molecule has 0 bridgehead atoms. The Labute approximate surface area is 119 Å². The van der Waals surface area contributed by atoms with E-state index in [0.717, 1.165) is 0 Å². The maximum Gasteiger partial charge on any atom is 0.251 e. The van der Waals surface area contributed by atoms with E-state index in [4.69, 9.17) is 18.0 Å². The molecule has 0 radical (unpaired) electrons. The number of phenols is 1. The van der Waals surface area contributed by atoms with E-state index >= 15 is 0 Å². The van der Waals surface area contributed by atoms with Crippen LogP contribution in [0.5, 0.6) is 5.75 Å². The van der Waals surface area contributed by atoms with E-state index in [1.807, 2.05) is 29.5 Å². The molecule has 0 fully saturated rings. The zero-order valence-electron chi connectivity index (χ0n) is 9.24. The zero-order chi connectivity index (χ0) is 13.0. The van der Waals surface area contributed by atoms with Crippen LogP contribution in [0.15, 0.2) is 18.2 Å². The Morgan fingerprint density at radius 2 is 2.29 bits per heavy atom. The van der Waals surface area contributed by atoms with Crippen LogP contribution in [0.25, 0.3) is 0 Å². The summed E-state index contributed by atoms with van der Waals surface area (Å²) in [4.78, 5) is 12.2. The molecule has 0 aliphatic carbocycles. The standard InChI is InChI=1S/C11H13IN2O2S/c1-6(4-10(13)17)14-11(16)7-2-3-8(12)9(15)5-7/h2-3,5-6,15H,4H2,1H3,(H2,13,17)(H,14,16). The second-order valence-electron chi connectivity index (χ2n) is 3.71. The highest BCUT2D eigenvalue weighted by atomic mass is 127. The largest absolute Gasteiger partial charge is 0.507 e. The number of hydrogen-bond acceptors (Lipinski definition) is 3. The van der Waals surface area contributed by atoms with E-state index in [1.54, 1.807) is 12.1 Å². The third kappa shape index (κ3) is 4.47. The Kier molecular flexibility index (Phi) is 5.13. The van der Waals surface area contributed by atoms with Crippen molar-refractivity contribution in [3.63, 3.8) is 0 Å². The van der Waals surface area contributed by atoms with Gasteiger partial charge in [0.1, 0.15) is 5.75 Å². The number of halogens is 1. The molecule has 0 aromatic heterocycles. The number of rotatable bonds is 4. The van der Waals surface area contributed by atoms with Crippen LogP contribution < -0.4 is 11.1 Å². The van der Waals surface area contributed by atoms with Crippen molar-refractivity contribution in [1.29, 1.82) is 0 Å². The number of carbonyl (C=O) groups is 1. The van der Waals surface area contributed by atoms with Gasteiger partial charge in [0, 0.05) is 18.0 Å². The molecule has 1 unspecified atom stereocenters. The fourth-order valence-electron chi connectivity index (χ4n) is 1.31. The highest BCUT2D eigenvalue weighted by Crippen LogP contribution is 2.20. The average Bonchev–Trinajstić information content (AvgIpc) is 2.20. The molecule has 0 spiro atoms. The van der Waals surface area contributed by atoms with Gasteiger partial charge >= 0.3 is 0 Å². The van der Waals surface area contributed by atoms with Gasteiger partial charge in [0.2, 0.25) is 0 Å². The molecule has 0 aliphatic rings. The Morgan fingerprint density at radius 3 is 2.82 bits per heavy atom. The lowest BCUT2D eigenvalue weighted by Crippen LogP contribution is -2.35. The summed E-state index contributed by atoms with van der Waals surface area (Å²) in [6.07, 6.45) is 0.456. The maximum absolute atomic E-state index is 11.8. The molecule has 1 atom stereocenters. The van der Waals surface area contributed by atoms with Gasteiger partial charge in [-0.2, -0.15) is 0 Å². The molecule has 0 aliphatic heterocycles. The van der Waals surface area contributed by atoms with E-state index in [1.165, 1.54) is 6.07 Å². The number of nitrogens with one attached hydrogen (secondary N) is 1. The molecule has 1 rings (SSSR count). The van der Waals surface area contributed by atoms with E-state index in [2.05, 4.69) is 5.32 Å². The number of amides is 1. The molecule has 4 N–H and O–H groups in total. The lowest BCUT2D eigenvalue weighted by Gasteiger charge is -2.13. The molecule has 1 amide bonds. The molecule has 4 nitrogen and oxygen atoms in total. The summed E-state index contributed by atoms with van der Waals surface area (Å²) in [7, 11) is 0. The number of thiocarbonyl (C=S) groups is 1. The minimum Gasteiger partial charge on any atom is -0.507 e. The van der Waals surface area contributed by atoms with Crippen molar-refractivity contribution in [2.24, 2.45) is 5.73 Å². The number of benzene rings is 1. The normalized spacial score (nSPS) is 11.9. The van der Waals surface area contributed by atoms with Gasteiger partial charge in [-0.3, -0.25) is 4.79 Å². The van der Waals surface area contributed by atoms with E-state index in [-0.39, 0.29) is 17.7 Å². The van der Waals surface area contributed by atoms with Crippen LogP contribution in [-0.4, -0.2) is 22.0 Å². The third-order valence-corrected chi connectivity index (χ3v) is 3.17. The van der Waals surface area contributed by atoms with Crippen LogP contribution in [0.3, 0.4) is 0 Å². The number of carbonyl (C=O) groups excluding carboxylic acids is 1. The van der Waals surface area contributed by atoms with Crippen molar-refractivity contribution >= 4 is 45.7 Å². The summed E-state index contributed by atoms with van der Waals surface area (Å²) in [6.45, 7) is 1.82. The van der Waals surface area contributed by atoms with Crippen LogP contribution in [0.2, 0.25) is 0 Å². The fraction of sp³-hybridized carbons (Fsp3) is 0.273. The minimum absolute atomic E-state index is 0.0975. The molecule has 92 valence electrons. The van der Waals surface area contributed by atoms with E-state index < -0.39 is 0 Å². The monoisotopic (exact) mass is 364 g/mol. The highest BCUT2D eigenvalue weighted by molar-refractivity contribution is 14.1. The van der Waals surface area contributed by atoms with Crippen molar-refractivity contribution in [2.45, 2.75) is 19.4 Å². The Balaban J connectivity index is 2.70. The van der Waals surface area contributed by atoms with Crippen LogP contribution in [0.1, 0.15) is 23.7 Å². The molecule has 1 aromatic carbocycles. The molecular formula is C11H13IN2O2S. The lowest BCUT2D eigenvalue weighted by molar-refractivity contribution is 0.0941. The molecular weight excluding hydrogens is 351 g/mol. The van der Waals surface area contributed by atoms with Crippen LogP contribution >= 0.6 is 34.8 Å². The lowest BCUT2D eigenvalue weighted by atomic mass is 10.1. The first kappa shape index (κ1) is 14.2. The minimum atomic E-state index is -0.250. The van der Waals surface area contributed by atoms with E-state index in [0.29, 0.717) is 20.5 Å². The summed E-state index contributed by atoms with van der Waals surface area (Å²) < 4.78 is 0.704. The SMILES string of the molecule is CC(CC(N)=S)NC(=O)c1ccc(I)c(O)c1. The van der Waals surface area contributed by atoms with Crippen LogP contribution in [-0.2, 0) is 0 Å². The predicted molar refractivity (Wildman–Crippen MR) is 79.2 cm³/mol. The first-order valence-electron chi connectivity index (χ1n) is 4.98. The second-order valence-corrected chi connectivity index (χ2v) is 5.40. The summed E-state index contributed by atoms with van der Waals surface area (Å²) in [5, 5.41) is 12.3. The highest BCUT2D eigenvalue weighted by Gasteiger charge is 2.11. The van der Waals surface area contributed by atoms with E-state index in [9.17, 15) is 9.90 Å². The van der Waals surface area contributed by atoms with Crippen LogP contribution in [0.4, 0.5) is 0 Å².